The third-order valence-corrected chi connectivity index (χ3v) is 6.59. The number of likely N-dealkylation sites (N-methyl/N-ethyl adjacent to an activating group) is 1. The summed E-state index contributed by atoms with van der Waals surface area (Å²) in [6.07, 6.45) is -2.85. The first-order valence-electron chi connectivity index (χ1n) is 10.2. The molecule has 2 aromatic rings. The number of para-hydroxylation sites is 1. The molecule has 2 aliphatic rings. The van der Waals surface area contributed by atoms with E-state index in [1.165, 1.54) is 28.8 Å². The van der Waals surface area contributed by atoms with Crippen LogP contribution < -0.4 is 4.90 Å². The molecule has 2 aliphatic heterocycles. The molecule has 0 atom stereocenters. The van der Waals surface area contributed by atoms with Crippen LogP contribution in [0.2, 0.25) is 0 Å². The summed E-state index contributed by atoms with van der Waals surface area (Å²) in [7, 11) is 2.00. The number of carbonyl (C=O) groups excluding carboxylic acids is 2. The summed E-state index contributed by atoms with van der Waals surface area (Å²) in [5, 5.41) is 0. The van der Waals surface area contributed by atoms with Crippen molar-refractivity contribution < 1.29 is 22.8 Å². The number of hydrogen-bond acceptors (Lipinski definition) is 4. The minimum absolute atomic E-state index is 0.0789. The van der Waals surface area contributed by atoms with Crippen LogP contribution in [0.5, 0.6) is 0 Å². The van der Waals surface area contributed by atoms with Crippen molar-refractivity contribution in [2.24, 2.45) is 0 Å². The van der Waals surface area contributed by atoms with E-state index >= 15 is 0 Å². The van der Waals surface area contributed by atoms with Gasteiger partial charge in [-0.2, -0.15) is 13.2 Å². The molecule has 2 heterocycles. The lowest BCUT2D eigenvalue weighted by Crippen LogP contribution is -2.51. The second-order valence-electron chi connectivity index (χ2n) is 7.77. The second-order valence-corrected chi connectivity index (χ2v) is 8.86. The van der Waals surface area contributed by atoms with Crippen molar-refractivity contribution in [2.45, 2.75) is 11.1 Å². The topological polar surface area (TPSA) is 43.9 Å². The maximum Gasteiger partial charge on any atom is 0.416 e. The van der Waals surface area contributed by atoms with Crippen LogP contribution in [0.25, 0.3) is 6.08 Å². The fourth-order valence-electron chi connectivity index (χ4n) is 3.63. The number of piperazine rings is 1. The summed E-state index contributed by atoms with van der Waals surface area (Å²) >= 11 is 1.25. The molecule has 168 valence electrons. The van der Waals surface area contributed by atoms with Crippen LogP contribution in [0, 0.1) is 0 Å². The lowest BCUT2D eigenvalue weighted by Gasteiger charge is -2.35. The fourth-order valence-corrected chi connectivity index (χ4v) is 4.69. The summed E-state index contributed by atoms with van der Waals surface area (Å²) < 4.78 is 38.5. The number of carbonyl (C=O) groups is 2. The molecule has 2 aromatic carbocycles. The molecular weight excluding hydrogens is 439 g/mol. The fraction of sp³-hybridized carbons (Fsp3) is 0.304. The predicted octanol–water partition coefficient (Wildman–Crippen LogP) is 3.96. The van der Waals surface area contributed by atoms with Crippen LogP contribution in [0.3, 0.4) is 0 Å². The SMILES string of the molecule is CN1CCN(C(=O)CN2C(=O)C(=Cc3ccc(C(F)(F)F)cc3)Sc3ccccc32)CC1. The number of benzene rings is 2. The van der Waals surface area contributed by atoms with Crippen LogP contribution in [-0.4, -0.2) is 61.4 Å². The monoisotopic (exact) mass is 461 g/mol. The van der Waals surface area contributed by atoms with E-state index in [0.717, 1.165) is 30.1 Å². The Morgan fingerprint density at radius 2 is 1.69 bits per heavy atom. The molecule has 32 heavy (non-hydrogen) atoms. The number of thioether (sulfide) groups is 1. The van der Waals surface area contributed by atoms with Gasteiger partial charge >= 0.3 is 6.18 Å². The average molecular weight is 462 g/mol. The maximum absolute atomic E-state index is 13.3. The van der Waals surface area contributed by atoms with Gasteiger partial charge in [0.15, 0.2) is 0 Å². The second kappa shape index (κ2) is 8.99. The summed E-state index contributed by atoms with van der Waals surface area (Å²) in [6.45, 7) is 2.71. The Labute approximate surface area is 188 Å². The first kappa shape index (κ1) is 22.4. The molecule has 0 saturated carbocycles. The van der Waals surface area contributed by atoms with Crippen molar-refractivity contribution in [1.29, 1.82) is 0 Å². The number of rotatable bonds is 3. The third kappa shape index (κ3) is 4.83. The number of alkyl halides is 3. The maximum atomic E-state index is 13.3. The van der Waals surface area contributed by atoms with E-state index in [-0.39, 0.29) is 18.4 Å². The molecule has 4 rings (SSSR count). The van der Waals surface area contributed by atoms with E-state index in [1.807, 2.05) is 25.2 Å². The molecule has 1 fully saturated rings. The Kier molecular flexibility index (Phi) is 6.30. The molecule has 0 spiro atoms. The minimum Gasteiger partial charge on any atom is -0.339 e. The standard InChI is InChI=1S/C23H22F3N3O2S/c1-27-10-12-28(13-11-27)21(30)15-29-18-4-2-3-5-19(18)32-20(22(29)31)14-16-6-8-17(9-7-16)23(24,25)26/h2-9,14H,10-13,15H2,1H3. The van der Waals surface area contributed by atoms with E-state index in [1.54, 1.807) is 17.0 Å². The molecule has 0 N–H and O–H groups in total. The molecular formula is C23H22F3N3O2S. The van der Waals surface area contributed by atoms with E-state index in [2.05, 4.69) is 4.90 Å². The van der Waals surface area contributed by atoms with Crippen LogP contribution >= 0.6 is 11.8 Å². The zero-order chi connectivity index (χ0) is 22.9. The van der Waals surface area contributed by atoms with Crippen molar-refractivity contribution in [3.8, 4) is 0 Å². The van der Waals surface area contributed by atoms with Crippen molar-refractivity contribution in [2.75, 3.05) is 44.7 Å². The molecule has 0 aromatic heterocycles. The van der Waals surface area contributed by atoms with Crippen molar-refractivity contribution in [3.63, 3.8) is 0 Å². The van der Waals surface area contributed by atoms with Gasteiger partial charge in [0.25, 0.3) is 5.91 Å². The number of halogens is 3. The summed E-state index contributed by atoms with van der Waals surface area (Å²) in [4.78, 5) is 32.7. The summed E-state index contributed by atoms with van der Waals surface area (Å²) in [5.41, 5.74) is 0.403. The van der Waals surface area contributed by atoms with E-state index < -0.39 is 11.7 Å². The number of amides is 2. The molecule has 9 heteroatoms. The number of fused-ring (bicyclic) bond motifs is 1. The van der Waals surface area contributed by atoms with Crippen LogP contribution in [0.4, 0.5) is 18.9 Å². The van der Waals surface area contributed by atoms with Crippen LogP contribution in [-0.2, 0) is 15.8 Å². The molecule has 0 unspecified atom stereocenters. The zero-order valence-corrected chi connectivity index (χ0v) is 18.2. The van der Waals surface area contributed by atoms with Crippen LogP contribution in [0.1, 0.15) is 11.1 Å². The smallest absolute Gasteiger partial charge is 0.339 e. The van der Waals surface area contributed by atoms with Gasteiger partial charge in [0.2, 0.25) is 5.91 Å². The van der Waals surface area contributed by atoms with Gasteiger partial charge in [0.05, 0.1) is 16.2 Å². The molecule has 1 saturated heterocycles. The highest BCUT2D eigenvalue weighted by Crippen LogP contribution is 2.42. The van der Waals surface area contributed by atoms with Crippen molar-refractivity contribution in [1.82, 2.24) is 9.80 Å². The Morgan fingerprint density at radius 1 is 1.03 bits per heavy atom. The van der Waals surface area contributed by atoms with Gasteiger partial charge in [-0.05, 0) is 43.0 Å². The van der Waals surface area contributed by atoms with Crippen molar-refractivity contribution in [3.05, 3.63) is 64.6 Å². The van der Waals surface area contributed by atoms with Gasteiger partial charge in [-0.15, -0.1) is 0 Å². The zero-order valence-electron chi connectivity index (χ0n) is 17.4. The third-order valence-electron chi connectivity index (χ3n) is 5.52. The highest BCUT2D eigenvalue weighted by atomic mass is 32.2. The highest BCUT2D eigenvalue weighted by Gasteiger charge is 2.33. The molecule has 0 aliphatic carbocycles. The Bertz CT molecular complexity index is 1050. The first-order chi connectivity index (χ1) is 15.2. The van der Waals surface area contributed by atoms with Crippen molar-refractivity contribution >= 4 is 35.3 Å². The normalized spacial score (nSPS) is 18.8. The van der Waals surface area contributed by atoms with Gasteiger partial charge < -0.3 is 9.80 Å². The van der Waals surface area contributed by atoms with Gasteiger partial charge in [-0.25, -0.2) is 0 Å². The summed E-state index contributed by atoms with van der Waals surface area (Å²) in [6, 6.07) is 12.0. The molecule has 2 amide bonds. The lowest BCUT2D eigenvalue weighted by atomic mass is 10.1. The Hall–Kier alpha value is -2.78. The van der Waals surface area contributed by atoms with Gasteiger partial charge in [-0.1, -0.05) is 36.0 Å². The lowest BCUT2D eigenvalue weighted by molar-refractivity contribution is -0.137. The van der Waals surface area contributed by atoms with E-state index in [0.29, 0.717) is 29.2 Å². The minimum atomic E-state index is -4.42. The van der Waals surface area contributed by atoms with Crippen LogP contribution in [0.15, 0.2) is 58.3 Å². The number of nitrogens with zero attached hydrogens (tertiary/aromatic N) is 3. The number of anilines is 1. The van der Waals surface area contributed by atoms with Gasteiger partial charge in [-0.3, -0.25) is 14.5 Å². The van der Waals surface area contributed by atoms with E-state index in [9.17, 15) is 22.8 Å². The Balaban J connectivity index is 1.59. The number of hydrogen-bond donors (Lipinski definition) is 0. The molecule has 0 bridgehead atoms. The van der Waals surface area contributed by atoms with Gasteiger partial charge in [0.1, 0.15) is 6.54 Å². The molecule has 0 radical (unpaired) electrons. The van der Waals surface area contributed by atoms with Gasteiger partial charge in [0, 0.05) is 31.1 Å². The molecule has 5 nitrogen and oxygen atoms in total. The Morgan fingerprint density at radius 3 is 2.34 bits per heavy atom. The predicted molar refractivity (Wildman–Crippen MR) is 118 cm³/mol. The quantitative estimate of drug-likeness (QED) is 0.650. The largest absolute Gasteiger partial charge is 0.416 e. The average Bonchev–Trinajstić information content (AvgIpc) is 2.76. The van der Waals surface area contributed by atoms with E-state index in [4.69, 9.17) is 0 Å². The highest BCUT2D eigenvalue weighted by molar-refractivity contribution is 8.04. The first-order valence-corrected chi connectivity index (χ1v) is 11.0. The summed E-state index contributed by atoms with van der Waals surface area (Å²) in [5.74, 6) is -0.460.